The zero-order valence-corrected chi connectivity index (χ0v) is 13.9. The minimum Gasteiger partial charge on any atom is -0.324 e. The van der Waals surface area contributed by atoms with Gasteiger partial charge in [-0.2, -0.15) is 0 Å². The SMILES string of the molecule is CC1CC(=O)NNC1c1ccc(-n2ccc(CN(C)C)c2)cc1. The summed E-state index contributed by atoms with van der Waals surface area (Å²) in [7, 11) is 4.15. The second-order valence-corrected chi connectivity index (χ2v) is 6.61. The van der Waals surface area contributed by atoms with Gasteiger partial charge in [-0.3, -0.25) is 10.2 Å². The van der Waals surface area contributed by atoms with Gasteiger partial charge in [0, 0.05) is 31.0 Å². The van der Waals surface area contributed by atoms with Crippen molar-refractivity contribution in [3.05, 3.63) is 53.9 Å². The van der Waals surface area contributed by atoms with Crippen molar-refractivity contribution in [3.63, 3.8) is 0 Å². The van der Waals surface area contributed by atoms with E-state index in [1.807, 2.05) is 0 Å². The average molecular weight is 312 g/mol. The van der Waals surface area contributed by atoms with Gasteiger partial charge in [0.25, 0.3) is 0 Å². The summed E-state index contributed by atoms with van der Waals surface area (Å²) in [5, 5.41) is 0. The van der Waals surface area contributed by atoms with Crippen LogP contribution in [0.5, 0.6) is 0 Å². The number of amides is 1. The van der Waals surface area contributed by atoms with Crippen LogP contribution in [0.3, 0.4) is 0 Å². The summed E-state index contributed by atoms with van der Waals surface area (Å²) in [6.07, 6.45) is 4.82. The van der Waals surface area contributed by atoms with Gasteiger partial charge in [0.05, 0.1) is 6.04 Å². The van der Waals surface area contributed by atoms with Gasteiger partial charge in [0.2, 0.25) is 5.91 Å². The Morgan fingerprint density at radius 1 is 1.22 bits per heavy atom. The Labute approximate surface area is 137 Å². The number of hydrazine groups is 1. The number of carbonyl (C=O) groups is 1. The van der Waals surface area contributed by atoms with Gasteiger partial charge in [-0.25, -0.2) is 5.43 Å². The Kier molecular flexibility index (Phi) is 4.50. The molecule has 0 aliphatic carbocycles. The number of hydrogen-bond acceptors (Lipinski definition) is 3. The maximum atomic E-state index is 11.4. The molecule has 0 radical (unpaired) electrons. The van der Waals surface area contributed by atoms with Crippen LogP contribution < -0.4 is 10.9 Å². The van der Waals surface area contributed by atoms with Crippen molar-refractivity contribution < 1.29 is 4.79 Å². The fourth-order valence-electron chi connectivity index (χ4n) is 3.09. The van der Waals surface area contributed by atoms with E-state index in [1.165, 1.54) is 11.1 Å². The topological polar surface area (TPSA) is 49.3 Å². The average Bonchev–Trinajstić information content (AvgIpc) is 2.95. The Morgan fingerprint density at radius 2 is 1.96 bits per heavy atom. The van der Waals surface area contributed by atoms with E-state index in [2.05, 4.69) is 84.1 Å². The first-order chi connectivity index (χ1) is 11.0. The number of nitrogens with zero attached hydrogens (tertiary/aromatic N) is 2. The van der Waals surface area contributed by atoms with Gasteiger partial charge in [0.15, 0.2) is 0 Å². The van der Waals surface area contributed by atoms with E-state index in [9.17, 15) is 4.79 Å². The number of benzene rings is 1. The normalized spacial score (nSPS) is 21.5. The fraction of sp³-hybridized carbons (Fsp3) is 0.389. The van der Waals surface area contributed by atoms with Crippen LogP contribution in [0.1, 0.15) is 30.5 Å². The molecule has 122 valence electrons. The molecule has 23 heavy (non-hydrogen) atoms. The summed E-state index contributed by atoms with van der Waals surface area (Å²) >= 11 is 0. The van der Waals surface area contributed by atoms with Crippen molar-refractivity contribution in [2.75, 3.05) is 14.1 Å². The highest BCUT2D eigenvalue weighted by atomic mass is 16.2. The largest absolute Gasteiger partial charge is 0.324 e. The first kappa shape index (κ1) is 15.8. The van der Waals surface area contributed by atoms with Crippen LogP contribution >= 0.6 is 0 Å². The smallest absolute Gasteiger partial charge is 0.234 e. The monoisotopic (exact) mass is 312 g/mol. The molecule has 1 aliphatic rings. The van der Waals surface area contributed by atoms with Gasteiger partial charge >= 0.3 is 0 Å². The molecule has 2 N–H and O–H groups in total. The number of nitrogens with one attached hydrogen (secondary N) is 2. The lowest BCUT2D eigenvalue weighted by molar-refractivity contribution is -0.125. The Morgan fingerprint density at radius 3 is 2.61 bits per heavy atom. The molecule has 1 saturated heterocycles. The predicted octanol–water partition coefficient (Wildman–Crippen LogP) is 2.24. The van der Waals surface area contributed by atoms with Gasteiger partial charge in [-0.15, -0.1) is 0 Å². The van der Waals surface area contributed by atoms with E-state index in [0.29, 0.717) is 6.42 Å². The summed E-state index contributed by atoms with van der Waals surface area (Å²) in [5.41, 5.74) is 9.47. The number of aromatic nitrogens is 1. The standard InChI is InChI=1S/C18H24N4O/c1-13-10-17(23)19-20-18(13)15-4-6-16(7-5-15)22-9-8-14(12-22)11-21(2)3/h4-9,12-13,18,20H,10-11H2,1-3H3,(H,19,23). The highest BCUT2D eigenvalue weighted by Gasteiger charge is 2.26. The summed E-state index contributed by atoms with van der Waals surface area (Å²) in [4.78, 5) is 13.5. The molecule has 1 fully saturated rings. The number of hydrogen-bond donors (Lipinski definition) is 2. The van der Waals surface area contributed by atoms with Crippen LogP contribution in [0.15, 0.2) is 42.7 Å². The zero-order valence-electron chi connectivity index (χ0n) is 13.9. The van der Waals surface area contributed by atoms with Crippen molar-refractivity contribution >= 4 is 5.91 Å². The third kappa shape index (κ3) is 3.63. The van der Waals surface area contributed by atoms with Crippen molar-refractivity contribution in [3.8, 4) is 5.69 Å². The van der Waals surface area contributed by atoms with Crippen molar-refractivity contribution in [2.24, 2.45) is 5.92 Å². The highest BCUT2D eigenvalue weighted by molar-refractivity contribution is 5.76. The van der Waals surface area contributed by atoms with Crippen LogP contribution in [-0.2, 0) is 11.3 Å². The lowest BCUT2D eigenvalue weighted by atomic mass is 9.91. The summed E-state index contributed by atoms with van der Waals surface area (Å²) in [6, 6.07) is 10.8. The molecular weight excluding hydrogens is 288 g/mol. The van der Waals surface area contributed by atoms with Gasteiger partial charge in [0.1, 0.15) is 0 Å². The van der Waals surface area contributed by atoms with Crippen LogP contribution in [0, 0.1) is 5.92 Å². The van der Waals surface area contributed by atoms with E-state index in [4.69, 9.17) is 0 Å². The number of rotatable bonds is 4. The van der Waals surface area contributed by atoms with Crippen molar-refractivity contribution in [1.82, 2.24) is 20.3 Å². The van der Waals surface area contributed by atoms with Crippen LogP contribution in [0.4, 0.5) is 0 Å². The maximum Gasteiger partial charge on any atom is 0.234 e. The zero-order chi connectivity index (χ0) is 16.4. The molecule has 1 aliphatic heterocycles. The Hall–Kier alpha value is -2.11. The van der Waals surface area contributed by atoms with E-state index < -0.39 is 0 Å². The molecule has 0 spiro atoms. The van der Waals surface area contributed by atoms with Crippen molar-refractivity contribution in [2.45, 2.75) is 25.9 Å². The summed E-state index contributed by atoms with van der Waals surface area (Å²) in [6.45, 7) is 3.04. The minimum atomic E-state index is 0.0612. The molecule has 5 nitrogen and oxygen atoms in total. The minimum absolute atomic E-state index is 0.0612. The van der Waals surface area contributed by atoms with Gasteiger partial charge in [-0.1, -0.05) is 19.1 Å². The molecule has 0 bridgehead atoms. The quantitative estimate of drug-likeness (QED) is 0.910. The molecule has 1 amide bonds. The Balaban J connectivity index is 1.74. The van der Waals surface area contributed by atoms with Crippen LogP contribution in [0.25, 0.3) is 5.69 Å². The second-order valence-electron chi connectivity index (χ2n) is 6.61. The van der Waals surface area contributed by atoms with E-state index in [-0.39, 0.29) is 17.9 Å². The predicted molar refractivity (Wildman–Crippen MR) is 91.0 cm³/mol. The highest BCUT2D eigenvalue weighted by Crippen LogP contribution is 2.27. The third-order valence-electron chi connectivity index (χ3n) is 4.25. The lowest BCUT2D eigenvalue weighted by Gasteiger charge is -2.30. The molecule has 1 aromatic carbocycles. The Bertz CT molecular complexity index is 675. The van der Waals surface area contributed by atoms with Crippen molar-refractivity contribution in [1.29, 1.82) is 0 Å². The molecular formula is C18H24N4O. The van der Waals surface area contributed by atoms with Crippen LogP contribution in [0.2, 0.25) is 0 Å². The molecule has 2 unspecified atom stereocenters. The fourth-order valence-corrected chi connectivity index (χ4v) is 3.09. The molecule has 1 aromatic heterocycles. The molecule has 3 rings (SSSR count). The summed E-state index contributed by atoms with van der Waals surface area (Å²) in [5.74, 6) is 0.346. The molecule has 5 heteroatoms. The van der Waals surface area contributed by atoms with Gasteiger partial charge < -0.3 is 9.47 Å². The number of carbonyl (C=O) groups excluding carboxylic acids is 1. The molecule has 2 atom stereocenters. The lowest BCUT2D eigenvalue weighted by Crippen LogP contribution is -2.48. The van der Waals surface area contributed by atoms with E-state index >= 15 is 0 Å². The third-order valence-corrected chi connectivity index (χ3v) is 4.25. The van der Waals surface area contributed by atoms with Gasteiger partial charge in [-0.05, 0) is 49.3 Å². The molecule has 2 aromatic rings. The molecule has 0 saturated carbocycles. The first-order valence-electron chi connectivity index (χ1n) is 7.99. The maximum absolute atomic E-state index is 11.4. The summed E-state index contributed by atoms with van der Waals surface area (Å²) < 4.78 is 2.14. The van der Waals surface area contributed by atoms with E-state index in [1.54, 1.807) is 0 Å². The van der Waals surface area contributed by atoms with Crippen LogP contribution in [-0.4, -0.2) is 29.5 Å². The first-order valence-corrected chi connectivity index (χ1v) is 7.99. The van der Waals surface area contributed by atoms with E-state index in [0.717, 1.165) is 12.2 Å². The molecule has 2 heterocycles. The second kappa shape index (κ2) is 6.56.